The number of carbonyl (C=O) groups is 1. The fourth-order valence-electron chi connectivity index (χ4n) is 3.87. The van der Waals surface area contributed by atoms with Crippen molar-refractivity contribution in [3.63, 3.8) is 0 Å². The van der Waals surface area contributed by atoms with Gasteiger partial charge in [0.1, 0.15) is 4.88 Å². The van der Waals surface area contributed by atoms with Crippen LogP contribution in [0.5, 0.6) is 0 Å². The summed E-state index contributed by atoms with van der Waals surface area (Å²) >= 11 is 8.63. The van der Waals surface area contributed by atoms with E-state index in [0.29, 0.717) is 17.5 Å². The summed E-state index contributed by atoms with van der Waals surface area (Å²) in [7, 11) is -3.54. The van der Waals surface area contributed by atoms with Crippen molar-refractivity contribution >= 4 is 55.6 Å². The van der Waals surface area contributed by atoms with Crippen molar-refractivity contribution in [2.75, 3.05) is 6.26 Å². The van der Waals surface area contributed by atoms with Crippen LogP contribution in [0.15, 0.2) is 63.8 Å². The van der Waals surface area contributed by atoms with Crippen LogP contribution >= 0.6 is 34.7 Å². The monoisotopic (exact) mass is 587 g/mol. The van der Waals surface area contributed by atoms with Crippen LogP contribution in [0.25, 0.3) is 22.5 Å². The van der Waals surface area contributed by atoms with E-state index in [9.17, 15) is 13.2 Å². The molecule has 0 spiro atoms. The first-order valence-corrected chi connectivity index (χ1v) is 15.5. The van der Waals surface area contributed by atoms with Crippen molar-refractivity contribution in [3.05, 3.63) is 69.4 Å². The van der Waals surface area contributed by atoms with E-state index in [1.165, 1.54) is 17.1 Å². The lowest BCUT2D eigenvalue weighted by molar-refractivity contribution is 0.100. The van der Waals surface area contributed by atoms with E-state index < -0.39 is 15.7 Å². The maximum atomic E-state index is 12.9. The van der Waals surface area contributed by atoms with Gasteiger partial charge in [-0.25, -0.2) is 18.9 Å². The molecule has 1 unspecified atom stereocenters. The van der Waals surface area contributed by atoms with Gasteiger partial charge in [-0.2, -0.15) is 4.99 Å². The minimum absolute atomic E-state index is 0.0496. The van der Waals surface area contributed by atoms with E-state index in [1.54, 1.807) is 0 Å². The molecule has 14 heteroatoms. The van der Waals surface area contributed by atoms with Gasteiger partial charge in [0.05, 0.1) is 21.8 Å². The molecule has 2 aromatic carbocycles. The number of nitrogens with one attached hydrogen (secondary N) is 2. The van der Waals surface area contributed by atoms with Gasteiger partial charge < -0.3 is 0 Å². The summed E-state index contributed by atoms with van der Waals surface area (Å²) in [6.07, 6.45) is 1.87. The molecule has 1 saturated heterocycles. The van der Waals surface area contributed by atoms with Gasteiger partial charge in [-0.05, 0) is 33.5 Å². The Balaban J connectivity index is 1.37. The number of hydrogen-bond acceptors (Lipinski definition) is 9. The molecular weight excluding hydrogens is 566 g/mol. The van der Waals surface area contributed by atoms with Crippen molar-refractivity contribution in [3.8, 4) is 22.5 Å². The standard InChI is InChI=1S/C24H22ClN7O3S3/c1-3-19-29-32(24(37-19)26-23(33)21-20(25)18(13-36-21)38(2,34)35)12-14-8-10-15(11-9-14)16-6-4-5-7-17(16)22-27-30-31-28-22/h4-11,13,19,29H,3,12H2,1-2H3,(H,27,28,30,31). The average molecular weight is 588 g/mol. The number of halogens is 1. The molecule has 0 bridgehead atoms. The number of nitrogens with zero attached hydrogens (tertiary/aromatic N) is 5. The van der Waals surface area contributed by atoms with E-state index in [2.05, 4.69) is 31.0 Å². The second-order valence-corrected chi connectivity index (χ2v) is 12.8. The number of carbonyl (C=O) groups excluding carboxylic acids is 1. The predicted molar refractivity (Wildman–Crippen MR) is 150 cm³/mol. The highest BCUT2D eigenvalue weighted by Gasteiger charge is 2.29. The molecule has 1 aliphatic heterocycles. The molecule has 38 heavy (non-hydrogen) atoms. The van der Waals surface area contributed by atoms with Gasteiger partial charge in [-0.15, -0.1) is 16.4 Å². The number of rotatable bonds is 7. The number of tetrazole rings is 1. The fourth-order valence-corrected chi connectivity index (χ4v) is 7.64. The molecule has 2 N–H and O–H groups in total. The number of hydrazine groups is 1. The summed E-state index contributed by atoms with van der Waals surface area (Å²) in [5, 5.41) is 17.9. The summed E-state index contributed by atoms with van der Waals surface area (Å²) in [4.78, 5) is 17.3. The number of hydrogen-bond donors (Lipinski definition) is 2. The Hall–Kier alpha value is -3.10. The van der Waals surface area contributed by atoms with Gasteiger partial charge in [0.2, 0.25) is 0 Å². The molecule has 5 rings (SSSR count). The van der Waals surface area contributed by atoms with E-state index in [-0.39, 0.29) is 20.2 Å². The number of aromatic amines is 1. The summed E-state index contributed by atoms with van der Waals surface area (Å²) in [6.45, 7) is 2.51. The molecule has 3 heterocycles. The summed E-state index contributed by atoms with van der Waals surface area (Å²) in [5.41, 5.74) is 7.28. The third-order valence-corrected chi connectivity index (χ3v) is 9.87. The van der Waals surface area contributed by atoms with Gasteiger partial charge >= 0.3 is 0 Å². The molecule has 10 nitrogen and oxygen atoms in total. The zero-order valence-electron chi connectivity index (χ0n) is 20.3. The van der Waals surface area contributed by atoms with Crippen LogP contribution in [0.4, 0.5) is 0 Å². The highest BCUT2D eigenvalue weighted by atomic mass is 35.5. The van der Waals surface area contributed by atoms with Crippen LogP contribution < -0.4 is 5.43 Å². The number of amides is 1. The van der Waals surface area contributed by atoms with Crippen LogP contribution in [-0.4, -0.2) is 56.8 Å². The number of thioether (sulfide) groups is 1. The van der Waals surface area contributed by atoms with E-state index >= 15 is 0 Å². The molecule has 0 saturated carbocycles. The Labute approximate surface area is 232 Å². The van der Waals surface area contributed by atoms with Crippen LogP contribution in [0, 0.1) is 0 Å². The van der Waals surface area contributed by atoms with Gasteiger partial charge in [-0.3, -0.25) is 9.80 Å². The fraction of sp³-hybridized carbons (Fsp3) is 0.208. The van der Waals surface area contributed by atoms with Crippen LogP contribution in [0.2, 0.25) is 5.02 Å². The number of benzene rings is 2. The zero-order chi connectivity index (χ0) is 26.9. The van der Waals surface area contributed by atoms with Crippen molar-refractivity contribution in [2.45, 2.75) is 30.2 Å². The third-order valence-electron chi connectivity index (χ3n) is 5.77. The molecular formula is C24H22ClN7O3S3. The molecule has 1 aliphatic rings. The molecule has 1 fully saturated rings. The van der Waals surface area contributed by atoms with Gasteiger partial charge in [0.25, 0.3) is 5.91 Å². The predicted octanol–water partition coefficient (Wildman–Crippen LogP) is 4.64. The third kappa shape index (κ3) is 5.52. The van der Waals surface area contributed by atoms with Crippen molar-refractivity contribution in [1.29, 1.82) is 0 Å². The highest BCUT2D eigenvalue weighted by Crippen LogP contribution is 2.34. The van der Waals surface area contributed by atoms with E-state index in [4.69, 9.17) is 11.6 Å². The largest absolute Gasteiger partial charge is 0.291 e. The van der Waals surface area contributed by atoms with Crippen LogP contribution in [-0.2, 0) is 16.4 Å². The number of aliphatic imine (C=N–C) groups is 1. The van der Waals surface area contributed by atoms with Crippen LogP contribution in [0.3, 0.4) is 0 Å². The van der Waals surface area contributed by atoms with E-state index in [1.807, 2.05) is 60.5 Å². The van der Waals surface area contributed by atoms with E-state index in [0.717, 1.165) is 46.3 Å². The Morgan fingerprint density at radius 2 is 1.89 bits per heavy atom. The van der Waals surface area contributed by atoms with Gasteiger partial charge in [0.15, 0.2) is 20.8 Å². The topological polar surface area (TPSA) is 133 Å². The summed E-state index contributed by atoms with van der Waals surface area (Å²) < 4.78 is 23.8. The molecule has 0 aliphatic carbocycles. The maximum Gasteiger partial charge on any atom is 0.291 e. The minimum Gasteiger partial charge on any atom is -0.281 e. The Morgan fingerprint density at radius 1 is 1.16 bits per heavy atom. The number of sulfone groups is 1. The lowest BCUT2D eigenvalue weighted by atomic mass is 9.98. The van der Waals surface area contributed by atoms with Crippen molar-refractivity contribution < 1.29 is 13.2 Å². The number of H-pyrrole nitrogens is 1. The second-order valence-electron chi connectivity index (χ2n) is 8.44. The quantitative estimate of drug-likeness (QED) is 0.317. The maximum absolute atomic E-state index is 12.9. The summed E-state index contributed by atoms with van der Waals surface area (Å²) in [5.74, 6) is 0.0170. The smallest absolute Gasteiger partial charge is 0.281 e. The molecule has 1 amide bonds. The summed E-state index contributed by atoms with van der Waals surface area (Å²) in [6, 6.07) is 16.0. The lowest BCUT2D eigenvalue weighted by Gasteiger charge is -2.19. The lowest BCUT2D eigenvalue weighted by Crippen LogP contribution is -2.37. The van der Waals surface area contributed by atoms with Crippen molar-refractivity contribution in [1.82, 2.24) is 31.1 Å². The SMILES string of the molecule is CCC1NN(Cc2ccc(-c3ccccc3-c3nnn[nH]3)cc2)C(=NC(=O)c2scc(S(C)(=O)=O)c2Cl)S1. The van der Waals surface area contributed by atoms with Gasteiger partial charge in [-0.1, -0.05) is 78.8 Å². The van der Waals surface area contributed by atoms with Crippen LogP contribution in [0.1, 0.15) is 28.6 Å². The molecule has 4 aromatic rings. The van der Waals surface area contributed by atoms with Gasteiger partial charge in [0, 0.05) is 17.2 Å². The molecule has 1 atom stereocenters. The normalized spacial score (nSPS) is 16.9. The number of aromatic nitrogens is 4. The zero-order valence-corrected chi connectivity index (χ0v) is 23.5. The molecule has 196 valence electrons. The second kappa shape index (κ2) is 10.9. The number of amidine groups is 1. The minimum atomic E-state index is -3.54. The Bertz CT molecular complexity index is 1600. The number of thiophene rings is 1. The first kappa shape index (κ1) is 26.5. The first-order chi connectivity index (χ1) is 18.2. The Morgan fingerprint density at radius 3 is 2.53 bits per heavy atom. The van der Waals surface area contributed by atoms with Crippen molar-refractivity contribution in [2.24, 2.45) is 4.99 Å². The highest BCUT2D eigenvalue weighted by molar-refractivity contribution is 8.14. The average Bonchev–Trinajstić information content (AvgIpc) is 3.65. The first-order valence-electron chi connectivity index (χ1n) is 11.5. The Kier molecular flexibility index (Phi) is 7.63. The molecule has 2 aromatic heterocycles. The molecule has 0 radical (unpaired) electrons.